The van der Waals surface area contributed by atoms with Crippen LogP contribution in [0.2, 0.25) is 0 Å². The van der Waals surface area contributed by atoms with Gasteiger partial charge in [0.15, 0.2) is 0 Å². The van der Waals surface area contributed by atoms with Gasteiger partial charge in [-0.3, -0.25) is 0 Å². The van der Waals surface area contributed by atoms with Crippen molar-refractivity contribution in [1.29, 1.82) is 0 Å². The van der Waals surface area contributed by atoms with Crippen LogP contribution in [0.5, 0.6) is 0 Å². The lowest BCUT2D eigenvalue weighted by molar-refractivity contribution is 0.278. The molecule has 1 heterocycles. The number of hydrogen-bond acceptors (Lipinski definition) is 1. The quantitative estimate of drug-likeness (QED) is 0.188. The average Bonchev–Trinajstić information content (AvgIpc) is 3.26. The zero-order valence-corrected chi connectivity index (χ0v) is 23.9. The molecule has 0 bridgehead atoms. The fourth-order valence-corrected chi connectivity index (χ4v) is 6.19. The van der Waals surface area contributed by atoms with Crippen LogP contribution in [0, 0.1) is 0 Å². The summed E-state index contributed by atoms with van der Waals surface area (Å²) < 4.78 is 7.51. The molecule has 0 aromatic heterocycles. The molecule has 2 heteroatoms. The first-order valence-corrected chi connectivity index (χ1v) is 14.8. The molecule has 1 nitrogen and oxygen atoms in total. The highest BCUT2D eigenvalue weighted by atomic mass is 16.4. The van der Waals surface area contributed by atoms with Crippen molar-refractivity contribution in [3.8, 4) is 0 Å². The van der Waals surface area contributed by atoms with Crippen LogP contribution in [0.4, 0.5) is 0 Å². The maximum atomic E-state index is 7.51. The van der Waals surface area contributed by atoms with Crippen molar-refractivity contribution in [2.24, 2.45) is 0 Å². The summed E-state index contributed by atoms with van der Waals surface area (Å²) in [5, 5.41) is 0. The van der Waals surface area contributed by atoms with Crippen LogP contribution < -0.4 is 5.46 Å². The van der Waals surface area contributed by atoms with Crippen molar-refractivity contribution >= 4 is 34.6 Å². The molecule has 204 valence electrons. The predicted molar refractivity (Wildman–Crippen MR) is 181 cm³/mol. The minimum atomic E-state index is -0.330. The van der Waals surface area contributed by atoms with Gasteiger partial charge in [-0.25, -0.2) is 0 Å². The summed E-state index contributed by atoms with van der Waals surface area (Å²) >= 11 is 0. The molecular weight excluding hydrogens is 519 g/mol. The van der Waals surface area contributed by atoms with Crippen molar-refractivity contribution in [2.75, 3.05) is 0 Å². The molecule has 0 saturated heterocycles. The van der Waals surface area contributed by atoms with E-state index in [1.165, 1.54) is 11.1 Å². The summed E-state index contributed by atoms with van der Waals surface area (Å²) in [4.78, 5) is 0. The van der Waals surface area contributed by atoms with Gasteiger partial charge >= 0.3 is 6.92 Å². The average molecular weight is 551 g/mol. The van der Waals surface area contributed by atoms with E-state index in [4.69, 9.17) is 4.65 Å². The van der Waals surface area contributed by atoms with Crippen LogP contribution in [0.1, 0.15) is 33.9 Å². The fraction of sp³-hybridized carbons (Fsp3) is 0.0244. The van der Waals surface area contributed by atoms with Crippen LogP contribution in [-0.4, -0.2) is 6.92 Å². The Kier molecular flexibility index (Phi) is 7.68. The van der Waals surface area contributed by atoms with E-state index in [1.807, 2.05) is 0 Å². The Morgan fingerprint density at radius 2 is 0.767 bits per heavy atom. The van der Waals surface area contributed by atoms with Gasteiger partial charge in [0, 0.05) is 0 Å². The van der Waals surface area contributed by atoms with Gasteiger partial charge in [-0.1, -0.05) is 182 Å². The molecule has 1 aliphatic rings. The molecular formula is C41H31BO. The predicted octanol–water partition coefficient (Wildman–Crippen LogP) is 9.42. The first-order chi connectivity index (χ1) is 21.4. The summed E-state index contributed by atoms with van der Waals surface area (Å²) in [6, 6.07) is 64.5. The zero-order chi connectivity index (χ0) is 28.8. The molecule has 0 saturated carbocycles. The Morgan fingerprint density at radius 3 is 1.28 bits per heavy atom. The second kappa shape index (κ2) is 12.4. The summed E-state index contributed by atoms with van der Waals surface area (Å²) in [6.07, 6.45) is -0.330. The number of rotatable bonds is 6. The van der Waals surface area contributed by atoms with Gasteiger partial charge in [0.25, 0.3) is 0 Å². The summed E-state index contributed by atoms with van der Waals surface area (Å²) in [5.74, 6) is 0. The highest BCUT2D eigenvalue weighted by Gasteiger charge is 2.39. The van der Waals surface area contributed by atoms with Gasteiger partial charge in [0.05, 0.1) is 6.10 Å². The van der Waals surface area contributed by atoms with E-state index in [1.54, 1.807) is 0 Å². The van der Waals surface area contributed by atoms with E-state index in [-0.39, 0.29) is 13.0 Å². The van der Waals surface area contributed by atoms with E-state index >= 15 is 0 Å². The first-order valence-electron chi connectivity index (χ1n) is 14.8. The van der Waals surface area contributed by atoms with Crippen molar-refractivity contribution in [3.05, 3.63) is 210 Å². The third-order valence-corrected chi connectivity index (χ3v) is 8.08. The van der Waals surface area contributed by atoms with E-state index in [9.17, 15) is 0 Å². The third-order valence-electron chi connectivity index (χ3n) is 8.08. The highest BCUT2D eigenvalue weighted by molar-refractivity contribution is 6.87. The molecule has 1 unspecified atom stereocenters. The standard InChI is InChI=1S/C41H31BO/c1-7-19-31(20-8-1)37-38(32-21-9-2-10-22-32)40(34-25-13-4-14-26-34)42(36-29-17-6-18-30-36)43-41(35-27-15-5-16-28-35)39(37)33-23-11-3-12-24-33/h1-30,41H. The van der Waals surface area contributed by atoms with Gasteiger partial charge in [0.2, 0.25) is 0 Å². The zero-order valence-electron chi connectivity index (χ0n) is 23.9. The minimum absolute atomic E-state index is 0.330. The Labute approximate surface area is 254 Å². The molecule has 1 aliphatic heterocycles. The van der Waals surface area contributed by atoms with Crippen molar-refractivity contribution in [1.82, 2.24) is 0 Å². The van der Waals surface area contributed by atoms with Crippen LogP contribution in [-0.2, 0) is 4.65 Å². The SMILES string of the molecule is c1ccc(B2OC(c3ccccc3)C(c3ccccc3)=C(c3ccccc3)C(c3ccccc3)=C2c2ccccc2)cc1. The maximum Gasteiger partial charge on any atom is 0.363 e. The lowest BCUT2D eigenvalue weighted by atomic mass is 9.51. The summed E-state index contributed by atoms with van der Waals surface area (Å²) in [5.41, 5.74) is 11.5. The van der Waals surface area contributed by atoms with Gasteiger partial charge in [-0.2, -0.15) is 0 Å². The summed E-state index contributed by atoms with van der Waals surface area (Å²) in [7, 11) is 0. The van der Waals surface area contributed by atoms with E-state index in [0.717, 1.165) is 44.3 Å². The van der Waals surface area contributed by atoms with Gasteiger partial charge < -0.3 is 4.65 Å². The Bertz CT molecular complexity index is 1710. The molecule has 0 spiro atoms. The topological polar surface area (TPSA) is 9.23 Å². The monoisotopic (exact) mass is 550 g/mol. The number of allylic oxidation sites excluding steroid dienone is 2. The van der Waals surface area contributed by atoms with Crippen LogP contribution >= 0.6 is 0 Å². The van der Waals surface area contributed by atoms with E-state index in [2.05, 4.69) is 182 Å². The van der Waals surface area contributed by atoms with Gasteiger partial charge in [0.1, 0.15) is 0 Å². The smallest absolute Gasteiger partial charge is 0.363 e. The largest absolute Gasteiger partial charge is 0.416 e. The second-order valence-corrected chi connectivity index (χ2v) is 10.8. The minimum Gasteiger partial charge on any atom is -0.416 e. The second-order valence-electron chi connectivity index (χ2n) is 10.8. The van der Waals surface area contributed by atoms with E-state index in [0.29, 0.717) is 0 Å². The lowest BCUT2D eigenvalue weighted by Crippen LogP contribution is -2.36. The fourth-order valence-electron chi connectivity index (χ4n) is 6.19. The maximum absolute atomic E-state index is 7.51. The van der Waals surface area contributed by atoms with Crippen molar-refractivity contribution < 1.29 is 4.65 Å². The van der Waals surface area contributed by atoms with E-state index < -0.39 is 0 Å². The van der Waals surface area contributed by atoms with Crippen LogP contribution in [0.3, 0.4) is 0 Å². The van der Waals surface area contributed by atoms with Crippen molar-refractivity contribution in [3.63, 3.8) is 0 Å². The van der Waals surface area contributed by atoms with Crippen molar-refractivity contribution in [2.45, 2.75) is 6.10 Å². The Hall–Kier alpha value is -5.18. The lowest BCUT2D eigenvalue weighted by Gasteiger charge is -2.27. The molecule has 7 rings (SSSR count). The summed E-state index contributed by atoms with van der Waals surface area (Å²) in [6.45, 7) is -0.330. The first kappa shape index (κ1) is 26.7. The molecule has 43 heavy (non-hydrogen) atoms. The molecule has 6 aromatic carbocycles. The molecule has 0 aliphatic carbocycles. The molecule has 0 radical (unpaired) electrons. The molecule has 1 atom stereocenters. The number of benzene rings is 6. The van der Waals surface area contributed by atoms with Gasteiger partial charge in [-0.15, -0.1) is 0 Å². The van der Waals surface area contributed by atoms with Crippen LogP contribution in [0.25, 0.3) is 22.2 Å². The van der Waals surface area contributed by atoms with Gasteiger partial charge in [-0.05, 0) is 55.5 Å². The third kappa shape index (κ3) is 5.41. The van der Waals surface area contributed by atoms with Crippen LogP contribution in [0.15, 0.2) is 182 Å². The highest BCUT2D eigenvalue weighted by Crippen LogP contribution is 2.50. The molecule has 6 aromatic rings. The molecule has 0 N–H and O–H groups in total. The normalized spacial score (nSPS) is 15.3. The Balaban J connectivity index is 1.69. The molecule has 0 fully saturated rings. The molecule has 0 amide bonds. The number of hydrogen-bond donors (Lipinski definition) is 0. The Morgan fingerprint density at radius 1 is 0.372 bits per heavy atom.